The van der Waals surface area contributed by atoms with E-state index in [-0.39, 0.29) is 24.2 Å². The lowest BCUT2D eigenvalue weighted by molar-refractivity contribution is -0.153. The van der Waals surface area contributed by atoms with E-state index in [0.717, 1.165) is 16.7 Å². The third-order valence-electron chi connectivity index (χ3n) is 4.79. The average Bonchev–Trinajstić information content (AvgIpc) is 2.75. The van der Waals surface area contributed by atoms with E-state index >= 15 is 0 Å². The van der Waals surface area contributed by atoms with Gasteiger partial charge in [-0.2, -0.15) is 0 Å². The standard InChI is InChI=1S/C25H25NO3/c1-18(20-11-5-3-6-12-20)17-24(27)29-19(2)25(28)26-23-16-10-9-15-22(23)21-13-7-4-8-14-21/h3-16,18-19H,17H2,1-2H3,(H,26,28). The number of esters is 1. The predicted molar refractivity (Wildman–Crippen MR) is 116 cm³/mol. The molecule has 0 aromatic heterocycles. The normalized spacial score (nSPS) is 12.6. The van der Waals surface area contributed by atoms with Crippen LogP contribution in [0, 0.1) is 0 Å². The van der Waals surface area contributed by atoms with Gasteiger partial charge in [0.25, 0.3) is 5.91 Å². The van der Waals surface area contributed by atoms with E-state index < -0.39 is 6.10 Å². The first kappa shape index (κ1) is 20.3. The van der Waals surface area contributed by atoms with Crippen molar-refractivity contribution in [1.29, 1.82) is 0 Å². The van der Waals surface area contributed by atoms with Crippen molar-refractivity contribution < 1.29 is 14.3 Å². The summed E-state index contributed by atoms with van der Waals surface area (Å²) in [5.74, 6) is -0.716. The number of benzene rings is 3. The highest BCUT2D eigenvalue weighted by atomic mass is 16.5. The van der Waals surface area contributed by atoms with Gasteiger partial charge < -0.3 is 10.1 Å². The number of rotatable bonds is 7. The summed E-state index contributed by atoms with van der Waals surface area (Å²) in [4.78, 5) is 24.9. The zero-order chi connectivity index (χ0) is 20.6. The van der Waals surface area contributed by atoms with E-state index in [1.54, 1.807) is 6.92 Å². The molecule has 0 saturated carbocycles. The van der Waals surface area contributed by atoms with Gasteiger partial charge in [-0.25, -0.2) is 0 Å². The Morgan fingerprint density at radius 3 is 2.10 bits per heavy atom. The molecule has 0 spiro atoms. The van der Waals surface area contributed by atoms with Crippen LogP contribution in [-0.2, 0) is 14.3 Å². The molecule has 0 radical (unpaired) electrons. The Bertz CT molecular complexity index is 954. The number of amides is 1. The van der Waals surface area contributed by atoms with Crippen LogP contribution in [0.3, 0.4) is 0 Å². The van der Waals surface area contributed by atoms with E-state index in [1.807, 2.05) is 91.9 Å². The number of ether oxygens (including phenoxy) is 1. The molecule has 1 N–H and O–H groups in total. The zero-order valence-electron chi connectivity index (χ0n) is 16.7. The van der Waals surface area contributed by atoms with Crippen molar-refractivity contribution >= 4 is 17.6 Å². The molecule has 0 saturated heterocycles. The molecule has 4 heteroatoms. The summed E-state index contributed by atoms with van der Waals surface area (Å²) in [6, 6.07) is 27.2. The van der Waals surface area contributed by atoms with Crippen LogP contribution >= 0.6 is 0 Å². The number of nitrogens with one attached hydrogen (secondary N) is 1. The van der Waals surface area contributed by atoms with Crippen molar-refractivity contribution in [2.75, 3.05) is 5.32 Å². The minimum atomic E-state index is -0.880. The third-order valence-corrected chi connectivity index (χ3v) is 4.79. The van der Waals surface area contributed by atoms with Crippen LogP contribution in [0.1, 0.15) is 31.7 Å². The fraction of sp³-hybridized carbons (Fsp3) is 0.200. The summed E-state index contributed by atoms with van der Waals surface area (Å²) in [5.41, 5.74) is 3.67. The average molecular weight is 387 g/mol. The van der Waals surface area contributed by atoms with Crippen LogP contribution in [0.2, 0.25) is 0 Å². The molecule has 2 atom stereocenters. The molecule has 29 heavy (non-hydrogen) atoms. The van der Waals surface area contributed by atoms with Crippen LogP contribution in [0.25, 0.3) is 11.1 Å². The number of para-hydroxylation sites is 1. The number of anilines is 1. The summed E-state index contributed by atoms with van der Waals surface area (Å²) in [5, 5.41) is 2.88. The third kappa shape index (κ3) is 5.55. The summed E-state index contributed by atoms with van der Waals surface area (Å²) >= 11 is 0. The van der Waals surface area contributed by atoms with E-state index in [1.165, 1.54) is 0 Å². The molecule has 0 heterocycles. The minimum absolute atomic E-state index is 0.0257. The van der Waals surface area contributed by atoms with Gasteiger partial charge in [0.2, 0.25) is 0 Å². The Morgan fingerprint density at radius 2 is 1.41 bits per heavy atom. The smallest absolute Gasteiger partial charge is 0.307 e. The fourth-order valence-electron chi connectivity index (χ4n) is 3.14. The van der Waals surface area contributed by atoms with Gasteiger partial charge in [-0.1, -0.05) is 85.8 Å². The molecule has 148 valence electrons. The molecule has 2 unspecified atom stereocenters. The molecule has 3 rings (SSSR count). The van der Waals surface area contributed by atoms with Crippen LogP contribution < -0.4 is 5.32 Å². The maximum Gasteiger partial charge on any atom is 0.307 e. The Kier molecular flexibility index (Phi) is 6.80. The first-order valence-electron chi connectivity index (χ1n) is 9.74. The summed E-state index contributed by atoms with van der Waals surface area (Å²) in [7, 11) is 0. The first-order valence-corrected chi connectivity index (χ1v) is 9.74. The summed E-state index contributed by atoms with van der Waals surface area (Å²) < 4.78 is 5.37. The molecule has 0 aliphatic heterocycles. The van der Waals surface area contributed by atoms with E-state index in [9.17, 15) is 9.59 Å². The van der Waals surface area contributed by atoms with Gasteiger partial charge in [-0.05, 0) is 30.0 Å². The van der Waals surface area contributed by atoms with Crippen LogP contribution in [-0.4, -0.2) is 18.0 Å². The quantitative estimate of drug-likeness (QED) is 0.551. The van der Waals surface area contributed by atoms with Gasteiger partial charge in [0.05, 0.1) is 6.42 Å². The maximum absolute atomic E-state index is 12.6. The van der Waals surface area contributed by atoms with Crippen molar-refractivity contribution in [1.82, 2.24) is 0 Å². The SMILES string of the molecule is CC(OC(=O)CC(C)c1ccccc1)C(=O)Nc1ccccc1-c1ccccc1. The summed E-state index contributed by atoms with van der Waals surface area (Å²) in [6.07, 6.45) is -0.656. The van der Waals surface area contributed by atoms with E-state index in [2.05, 4.69) is 5.32 Å². The highest BCUT2D eigenvalue weighted by molar-refractivity contribution is 5.98. The molecule has 3 aromatic rings. The number of carbonyl (C=O) groups is 2. The molecule has 0 aliphatic carbocycles. The topological polar surface area (TPSA) is 55.4 Å². The van der Waals surface area contributed by atoms with Gasteiger partial charge in [0, 0.05) is 11.3 Å². The Hall–Kier alpha value is -3.40. The zero-order valence-corrected chi connectivity index (χ0v) is 16.7. The molecular weight excluding hydrogens is 362 g/mol. The highest BCUT2D eigenvalue weighted by Gasteiger charge is 2.21. The Balaban J connectivity index is 1.61. The second-order valence-corrected chi connectivity index (χ2v) is 7.05. The van der Waals surface area contributed by atoms with Gasteiger partial charge >= 0.3 is 5.97 Å². The Morgan fingerprint density at radius 1 is 0.828 bits per heavy atom. The lowest BCUT2D eigenvalue weighted by Crippen LogP contribution is -2.30. The molecule has 4 nitrogen and oxygen atoms in total. The number of hydrogen-bond acceptors (Lipinski definition) is 3. The predicted octanol–water partition coefficient (Wildman–Crippen LogP) is 5.42. The van der Waals surface area contributed by atoms with Gasteiger partial charge in [-0.3, -0.25) is 9.59 Å². The molecule has 3 aromatic carbocycles. The monoisotopic (exact) mass is 387 g/mol. The van der Waals surface area contributed by atoms with Gasteiger partial charge in [0.1, 0.15) is 0 Å². The van der Waals surface area contributed by atoms with Gasteiger partial charge in [-0.15, -0.1) is 0 Å². The molecule has 0 aliphatic rings. The van der Waals surface area contributed by atoms with Crippen LogP contribution in [0.4, 0.5) is 5.69 Å². The first-order chi connectivity index (χ1) is 14.0. The lowest BCUT2D eigenvalue weighted by Gasteiger charge is -2.17. The number of hydrogen-bond donors (Lipinski definition) is 1. The second kappa shape index (κ2) is 9.69. The van der Waals surface area contributed by atoms with Gasteiger partial charge in [0.15, 0.2) is 6.10 Å². The molecule has 0 fully saturated rings. The lowest BCUT2D eigenvalue weighted by atomic mass is 9.98. The number of carbonyl (C=O) groups excluding carboxylic acids is 2. The van der Waals surface area contributed by atoms with Crippen molar-refractivity contribution in [3.8, 4) is 11.1 Å². The van der Waals surface area contributed by atoms with E-state index in [0.29, 0.717) is 5.69 Å². The fourth-order valence-corrected chi connectivity index (χ4v) is 3.14. The molecular formula is C25H25NO3. The van der Waals surface area contributed by atoms with Crippen LogP contribution in [0.15, 0.2) is 84.9 Å². The minimum Gasteiger partial charge on any atom is -0.453 e. The van der Waals surface area contributed by atoms with E-state index in [4.69, 9.17) is 4.74 Å². The largest absolute Gasteiger partial charge is 0.453 e. The van der Waals surface area contributed by atoms with Crippen LogP contribution in [0.5, 0.6) is 0 Å². The molecule has 0 bridgehead atoms. The van der Waals surface area contributed by atoms with Crippen molar-refractivity contribution in [2.45, 2.75) is 32.3 Å². The van der Waals surface area contributed by atoms with Crippen molar-refractivity contribution in [3.63, 3.8) is 0 Å². The summed E-state index contributed by atoms with van der Waals surface area (Å²) in [6.45, 7) is 3.56. The van der Waals surface area contributed by atoms with Crippen molar-refractivity contribution in [3.05, 3.63) is 90.5 Å². The Labute approximate surface area is 171 Å². The second-order valence-electron chi connectivity index (χ2n) is 7.05. The molecule has 1 amide bonds. The highest BCUT2D eigenvalue weighted by Crippen LogP contribution is 2.27. The van der Waals surface area contributed by atoms with Crippen molar-refractivity contribution in [2.24, 2.45) is 0 Å². The maximum atomic E-state index is 12.6.